The first-order valence-corrected chi connectivity index (χ1v) is 5.82. The molecule has 3 N–H and O–H groups in total. The van der Waals surface area contributed by atoms with E-state index >= 15 is 0 Å². The number of nitrogens with one attached hydrogen (secondary N) is 1. The maximum Gasteiger partial charge on any atom is 0.224 e. The zero-order chi connectivity index (χ0) is 13.1. The number of anilines is 2. The van der Waals surface area contributed by atoms with E-state index < -0.39 is 0 Å². The van der Waals surface area contributed by atoms with Gasteiger partial charge < -0.3 is 15.6 Å². The van der Waals surface area contributed by atoms with Gasteiger partial charge in [-0.15, -0.1) is 10.2 Å². The molecule has 2 aromatic rings. The van der Waals surface area contributed by atoms with Gasteiger partial charge in [0.2, 0.25) is 5.28 Å². The Labute approximate surface area is 109 Å². The fourth-order valence-corrected chi connectivity index (χ4v) is 1.72. The predicted molar refractivity (Wildman–Crippen MR) is 69.4 cm³/mol. The number of halogens is 1. The number of hydrogen-bond acceptors (Lipinski definition) is 6. The van der Waals surface area contributed by atoms with Crippen molar-refractivity contribution in [1.82, 2.24) is 24.7 Å². The summed E-state index contributed by atoms with van der Waals surface area (Å²) < 4.78 is 1.86. The third kappa shape index (κ3) is 2.67. The quantitative estimate of drug-likeness (QED) is 0.796. The second kappa shape index (κ2) is 5.18. The Morgan fingerprint density at radius 1 is 1.44 bits per heavy atom. The summed E-state index contributed by atoms with van der Waals surface area (Å²) in [5.74, 6) is 1.44. The van der Waals surface area contributed by atoms with E-state index in [-0.39, 0.29) is 5.28 Å². The van der Waals surface area contributed by atoms with Crippen LogP contribution in [0.3, 0.4) is 0 Å². The lowest BCUT2D eigenvalue weighted by Gasteiger charge is -2.09. The molecule has 18 heavy (non-hydrogen) atoms. The molecule has 0 saturated carbocycles. The molecule has 96 valence electrons. The molecular weight excluding hydrogens is 254 g/mol. The highest BCUT2D eigenvalue weighted by Gasteiger charge is 2.07. The van der Waals surface area contributed by atoms with Crippen molar-refractivity contribution in [3.8, 4) is 0 Å². The van der Waals surface area contributed by atoms with Crippen LogP contribution in [0, 0.1) is 6.92 Å². The number of aryl methyl sites for hydroxylation is 2. The molecule has 0 fully saturated rings. The van der Waals surface area contributed by atoms with Crippen molar-refractivity contribution in [2.45, 2.75) is 13.3 Å². The molecule has 0 saturated heterocycles. The monoisotopic (exact) mass is 267 g/mol. The molecular formula is C10H14ClN7. The highest BCUT2D eigenvalue weighted by molar-refractivity contribution is 6.28. The van der Waals surface area contributed by atoms with E-state index in [4.69, 9.17) is 17.3 Å². The smallest absolute Gasteiger partial charge is 0.224 e. The van der Waals surface area contributed by atoms with Crippen molar-refractivity contribution in [2.24, 2.45) is 7.05 Å². The van der Waals surface area contributed by atoms with Crippen molar-refractivity contribution in [1.29, 1.82) is 0 Å². The predicted octanol–water partition coefficient (Wildman–Crippen LogP) is 0.804. The topological polar surface area (TPSA) is 94.5 Å². The minimum atomic E-state index is 0.183. The molecule has 0 unspecified atom stereocenters. The zero-order valence-electron chi connectivity index (χ0n) is 10.2. The van der Waals surface area contributed by atoms with Crippen LogP contribution in [0.25, 0.3) is 0 Å². The molecule has 0 aromatic carbocycles. The first-order valence-electron chi connectivity index (χ1n) is 5.44. The summed E-state index contributed by atoms with van der Waals surface area (Å²) in [6, 6.07) is 0. The number of aromatic nitrogens is 5. The van der Waals surface area contributed by atoms with Gasteiger partial charge in [0.15, 0.2) is 5.82 Å². The molecule has 2 aromatic heterocycles. The number of nitrogen functional groups attached to an aromatic ring is 1. The van der Waals surface area contributed by atoms with Crippen LogP contribution in [0.15, 0.2) is 6.33 Å². The normalized spacial score (nSPS) is 10.6. The van der Waals surface area contributed by atoms with Crippen molar-refractivity contribution >= 4 is 23.1 Å². The largest absolute Gasteiger partial charge is 0.394 e. The third-order valence-electron chi connectivity index (χ3n) is 2.56. The summed E-state index contributed by atoms with van der Waals surface area (Å²) in [4.78, 5) is 8.02. The molecule has 0 bridgehead atoms. The lowest BCUT2D eigenvalue weighted by atomic mass is 10.3. The number of rotatable bonds is 4. The van der Waals surface area contributed by atoms with E-state index in [9.17, 15) is 0 Å². The van der Waals surface area contributed by atoms with E-state index in [0.717, 1.165) is 12.2 Å². The van der Waals surface area contributed by atoms with Crippen LogP contribution >= 0.6 is 11.6 Å². The van der Waals surface area contributed by atoms with Crippen LogP contribution in [0.2, 0.25) is 5.28 Å². The minimum absolute atomic E-state index is 0.183. The molecule has 0 aliphatic carbocycles. The summed E-state index contributed by atoms with van der Waals surface area (Å²) in [7, 11) is 1.90. The maximum atomic E-state index is 5.86. The molecule has 0 spiro atoms. The standard InChI is InChI=1S/C10H14ClN7/c1-6-8(12)9(16-10(11)15-6)13-4-3-7-17-14-5-18(7)2/h5H,3-4,12H2,1-2H3,(H,13,15,16). The molecule has 0 radical (unpaired) electrons. The minimum Gasteiger partial charge on any atom is -0.394 e. The van der Waals surface area contributed by atoms with E-state index in [1.54, 1.807) is 13.3 Å². The highest BCUT2D eigenvalue weighted by atomic mass is 35.5. The zero-order valence-corrected chi connectivity index (χ0v) is 10.9. The van der Waals surface area contributed by atoms with Gasteiger partial charge in [-0.3, -0.25) is 0 Å². The first kappa shape index (κ1) is 12.6. The first-order chi connectivity index (χ1) is 8.58. The van der Waals surface area contributed by atoms with Crippen LogP contribution in [0.5, 0.6) is 0 Å². The van der Waals surface area contributed by atoms with Gasteiger partial charge in [0.25, 0.3) is 0 Å². The van der Waals surface area contributed by atoms with Crippen LogP contribution < -0.4 is 11.1 Å². The molecule has 0 aliphatic heterocycles. The van der Waals surface area contributed by atoms with Crippen molar-refractivity contribution in [2.75, 3.05) is 17.6 Å². The highest BCUT2D eigenvalue weighted by Crippen LogP contribution is 2.20. The van der Waals surface area contributed by atoms with Crippen molar-refractivity contribution in [3.63, 3.8) is 0 Å². The lowest BCUT2D eigenvalue weighted by Crippen LogP contribution is -2.12. The molecule has 7 nitrogen and oxygen atoms in total. The Bertz CT molecular complexity index is 551. The van der Waals surface area contributed by atoms with Crippen LogP contribution in [-0.4, -0.2) is 31.3 Å². The second-order valence-electron chi connectivity index (χ2n) is 3.88. The molecule has 2 heterocycles. The van der Waals surface area contributed by atoms with E-state index in [1.807, 2.05) is 11.6 Å². The number of nitrogens with two attached hydrogens (primary N) is 1. The van der Waals surface area contributed by atoms with Gasteiger partial charge >= 0.3 is 0 Å². The summed E-state index contributed by atoms with van der Waals surface area (Å²) in [6.45, 7) is 2.43. The summed E-state index contributed by atoms with van der Waals surface area (Å²) in [5.41, 5.74) is 7.04. The van der Waals surface area contributed by atoms with Crippen LogP contribution in [0.4, 0.5) is 11.5 Å². The number of nitrogens with zero attached hydrogens (tertiary/aromatic N) is 5. The van der Waals surface area contributed by atoms with Crippen LogP contribution in [0.1, 0.15) is 11.5 Å². The fraction of sp³-hybridized carbons (Fsp3) is 0.400. The summed E-state index contributed by atoms with van der Waals surface area (Å²) in [6.07, 6.45) is 2.38. The van der Waals surface area contributed by atoms with Gasteiger partial charge in [0.1, 0.15) is 12.2 Å². The Kier molecular flexibility index (Phi) is 3.61. The average molecular weight is 268 g/mol. The lowest BCUT2D eigenvalue weighted by molar-refractivity contribution is 0.787. The van der Waals surface area contributed by atoms with Crippen LogP contribution in [-0.2, 0) is 13.5 Å². The van der Waals surface area contributed by atoms with Gasteiger partial charge in [0, 0.05) is 20.0 Å². The molecule has 2 rings (SSSR count). The Morgan fingerprint density at radius 2 is 2.22 bits per heavy atom. The Hall–Kier alpha value is -1.89. The van der Waals surface area contributed by atoms with Crippen molar-refractivity contribution in [3.05, 3.63) is 23.1 Å². The maximum absolute atomic E-state index is 5.86. The SMILES string of the molecule is Cc1nc(Cl)nc(NCCc2nncn2C)c1N. The van der Waals surface area contributed by atoms with E-state index in [0.29, 0.717) is 23.7 Å². The summed E-state index contributed by atoms with van der Waals surface area (Å²) in [5, 5.41) is 11.1. The van der Waals surface area contributed by atoms with Gasteiger partial charge in [0.05, 0.1) is 11.4 Å². The van der Waals surface area contributed by atoms with Crippen molar-refractivity contribution < 1.29 is 0 Å². The third-order valence-corrected chi connectivity index (χ3v) is 2.72. The second-order valence-corrected chi connectivity index (χ2v) is 4.21. The van der Waals surface area contributed by atoms with E-state index in [2.05, 4.69) is 25.5 Å². The Morgan fingerprint density at radius 3 is 2.89 bits per heavy atom. The Balaban J connectivity index is 2.01. The molecule has 0 amide bonds. The number of hydrogen-bond donors (Lipinski definition) is 2. The van der Waals surface area contributed by atoms with Gasteiger partial charge in [-0.25, -0.2) is 4.98 Å². The molecule has 0 aliphatic rings. The van der Waals surface area contributed by atoms with Gasteiger partial charge in [-0.05, 0) is 18.5 Å². The average Bonchev–Trinajstić information content (AvgIpc) is 2.71. The molecule has 8 heteroatoms. The fourth-order valence-electron chi connectivity index (χ4n) is 1.51. The summed E-state index contributed by atoms with van der Waals surface area (Å²) >= 11 is 5.78. The van der Waals surface area contributed by atoms with Gasteiger partial charge in [-0.2, -0.15) is 4.98 Å². The molecule has 0 atom stereocenters. The van der Waals surface area contributed by atoms with E-state index in [1.165, 1.54) is 0 Å². The van der Waals surface area contributed by atoms with Gasteiger partial charge in [-0.1, -0.05) is 0 Å².